The normalized spacial score (nSPS) is 14.1. The van der Waals surface area contributed by atoms with Gasteiger partial charge in [0.05, 0.1) is 36.9 Å². The molecule has 3 rings (SSSR count). The number of methoxy groups -OCH3 is 2. The molecule has 0 atom stereocenters. The van der Waals surface area contributed by atoms with Gasteiger partial charge in [-0.3, -0.25) is 19.5 Å². The molecule has 2 heterocycles. The van der Waals surface area contributed by atoms with Crippen molar-refractivity contribution in [3.63, 3.8) is 0 Å². The van der Waals surface area contributed by atoms with Gasteiger partial charge in [0.15, 0.2) is 11.5 Å². The third-order valence-corrected chi connectivity index (χ3v) is 5.09. The first-order chi connectivity index (χ1) is 13.1. The highest BCUT2D eigenvalue weighted by Gasteiger charge is 2.39. The minimum atomic E-state index is -0.325. The second-order valence-corrected chi connectivity index (χ2v) is 7.00. The van der Waals surface area contributed by atoms with Gasteiger partial charge in [0.2, 0.25) is 0 Å². The number of amides is 2. The third-order valence-electron chi connectivity index (χ3n) is 4.13. The van der Waals surface area contributed by atoms with Crippen LogP contribution in [0.25, 0.3) is 5.57 Å². The standard InChI is InChI=1S/C20H20N2O4S/c1-4-27-18-17(13-8-9-15(25-2)16(11-13)26-3)19(23)22(20(18)24)12-14-7-5-6-10-21-14/h5-11H,4,12H2,1-3H3. The molecule has 1 aromatic carbocycles. The molecule has 0 spiro atoms. The van der Waals surface area contributed by atoms with Crippen molar-refractivity contribution in [2.45, 2.75) is 13.5 Å². The van der Waals surface area contributed by atoms with E-state index in [0.29, 0.717) is 39.0 Å². The second-order valence-electron chi connectivity index (χ2n) is 5.72. The smallest absolute Gasteiger partial charge is 0.268 e. The van der Waals surface area contributed by atoms with Crippen molar-refractivity contribution in [3.05, 3.63) is 58.8 Å². The van der Waals surface area contributed by atoms with Crippen molar-refractivity contribution in [2.24, 2.45) is 0 Å². The molecule has 0 radical (unpaired) electrons. The molecule has 0 aliphatic carbocycles. The van der Waals surface area contributed by atoms with E-state index in [-0.39, 0.29) is 18.4 Å². The quantitative estimate of drug-likeness (QED) is 0.683. The van der Waals surface area contributed by atoms with Gasteiger partial charge in [-0.25, -0.2) is 0 Å². The summed E-state index contributed by atoms with van der Waals surface area (Å²) in [7, 11) is 3.08. The lowest BCUT2D eigenvalue weighted by molar-refractivity contribution is -0.137. The van der Waals surface area contributed by atoms with Crippen LogP contribution in [0, 0.1) is 0 Å². The van der Waals surface area contributed by atoms with E-state index in [1.54, 1.807) is 43.6 Å². The van der Waals surface area contributed by atoms with Crippen LogP contribution in [0.15, 0.2) is 47.5 Å². The number of pyridine rings is 1. The zero-order valence-corrected chi connectivity index (χ0v) is 16.2. The van der Waals surface area contributed by atoms with Crippen LogP contribution in [-0.2, 0) is 16.1 Å². The van der Waals surface area contributed by atoms with Crippen LogP contribution in [0.1, 0.15) is 18.2 Å². The van der Waals surface area contributed by atoms with Crippen LogP contribution >= 0.6 is 11.8 Å². The number of ether oxygens (including phenoxy) is 2. The van der Waals surface area contributed by atoms with Gasteiger partial charge in [-0.15, -0.1) is 11.8 Å². The van der Waals surface area contributed by atoms with Gasteiger partial charge >= 0.3 is 0 Å². The first-order valence-electron chi connectivity index (χ1n) is 8.46. The van der Waals surface area contributed by atoms with Crippen molar-refractivity contribution in [1.82, 2.24) is 9.88 Å². The van der Waals surface area contributed by atoms with Crippen molar-refractivity contribution < 1.29 is 19.1 Å². The fourth-order valence-corrected chi connectivity index (χ4v) is 3.75. The Morgan fingerprint density at radius 3 is 2.44 bits per heavy atom. The van der Waals surface area contributed by atoms with Crippen LogP contribution < -0.4 is 9.47 Å². The summed E-state index contributed by atoms with van der Waals surface area (Å²) in [6, 6.07) is 10.6. The molecule has 0 saturated carbocycles. The summed E-state index contributed by atoms with van der Waals surface area (Å²) in [5.41, 5.74) is 1.68. The molecule has 2 aromatic rings. The van der Waals surface area contributed by atoms with Gasteiger partial charge in [-0.05, 0) is 35.6 Å². The highest BCUT2D eigenvalue weighted by molar-refractivity contribution is 8.04. The predicted octanol–water partition coefficient (Wildman–Crippen LogP) is 3.13. The predicted molar refractivity (Wildman–Crippen MR) is 104 cm³/mol. The van der Waals surface area contributed by atoms with Crippen LogP contribution in [0.2, 0.25) is 0 Å². The molecule has 1 aromatic heterocycles. The molecule has 0 bridgehead atoms. The second kappa shape index (κ2) is 8.26. The van der Waals surface area contributed by atoms with Crippen molar-refractivity contribution in [2.75, 3.05) is 20.0 Å². The number of carbonyl (C=O) groups excluding carboxylic acids is 2. The molecule has 7 heteroatoms. The van der Waals surface area contributed by atoms with Crippen molar-refractivity contribution in [3.8, 4) is 11.5 Å². The van der Waals surface area contributed by atoms with Crippen LogP contribution in [0.5, 0.6) is 11.5 Å². The summed E-state index contributed by atoms with van der Waals surface area (Å²) in [5, 5.41) is 0. The molecular formula is C20H20N2O4S. The van der Waals surface area contributed by atoms with E-state index in [4.69, 9.17) is 9.47 Å². The monoisotopic (exact) mass is 384 g/mol. The van der Waals surface area contributed by atoms with Gasteiger partial charge < -0.3 is 9.47 Å². The molecular weight excluding hydrogens is 364 g/mol. The topological polar surface area (TPSA) is 68.7 Å². The number of rotatable bonds is 7. The average molecular weight is 384 g/mol. The highest BCUT2D eigenvalue weighted by Crippen LogP contribution is 2.39. The van der Waals surface area contributed by atoms with Crippen LogP contribution in [0.3, 0.4) is 0 Å². The Morgan fingerprint density at radius 2 is 1.81 bits per heavy atom. The van der Waals surface area contributed by atoms with Gasteiger partial charge in [-0.1, -0.05) is 19.1 Å². The molecule has 1 aliphatic rings. The summed E-state index contributed by atoms with van der Waals surface area (Å²) >= 11 is 1.37. The number of benzene rings is 1. The van der Waals surface area contributed by atoms with Crippen LogP contribution in [-0.4, -0.2) is 41.7 Å². The van der Waals surface area contributed by atoms with E-state index in [9.17, 15) is 9.59 Å². The number of imide groups is 1. The van der Waals surface area contributed by atoms with Crippen molar-refractivity contribution >= 4 is 29.1 Å². The minimum Gasteiger partial charge on any atom is -0.493 e. The van der Waals surface area contributed by atoms with E-state index in [2.05, 4.69) is 4.98 Å². The van der Waals surface area contributed by atoms with E-state index >= 15 is 0 Å². The maximum absolute atomic E-state index is 13.1. The van der Waals surface area contributed by atoms with Gasteiger partial charge in [0.1, 0.15) is 0 Å². The summed E-state index contributed by atoms with van der Waals surface area (Å²) in [4.78, 5) is 31.9. The molecule has 1 aliphatic heterocycles. The Labute approximate surface area is 162 Å². The maximum atomic E-state index is 13.1. The summed E-state index contributed by atoms with van der Waals surface area (Å²) in [5.74, 6) is 1.14. The molecule has 2 amide bonds. The summed E-state index contributed by atoms with van der Waals surface area (Å²) in [6.45, 7) is 2.09. The molecule has 0 unspecified atom stereocenters. The molecule has 0 saturated heterocycles. The molecule has 27 heavy (non-hydrogen) atoms. The van der Waals surface area contributed by atoms with E-state index < -0.39 is 0 Å². The number of nitrogens with zero attached hydrogens (tertiary/aromatic N) is 2. The summed E-state index contributed by atoms with van der Waals surface area (Å²) in [6.07, 6.45) is 1.64. The first-order valence-corrected chi connectivity index (χ1v) is 9.44. The van der Waals surface area contributed by atoms with Crippen LogP contribution in [0.4, 0.5) is 0 Å². The lowest BCUT2D eigenvalue weighted by Gasteiger charge is -2.15. The molecule has 0 fully saturated rings. The van der Waals surface area contributed by atoms with E-state index in [1.807, 2.05) is 13.0 Å². The fraction of sp³-hybridized carbons (Fsp3) is 0.250. The number of thioether (sulfide) groups is 1. The van der Waals surface area contributed by atoms with Gasteiger partial charge in [0, 0.05) is 6.20 Å². The van der Waals surface area contributed by atoms with E-state index in [0.717, 1.165) is 0 Å². The molecule has 6 nitrogen and oxygen atoms in total. The maximum Gasteiger partial charge on any atom is 0.268 e. The zero-order chi connectivity index (χ0) is 19.4. The number of carbonyl (C=O) groups is 2. The summed E-state index contributed by atoms with van der Waals surface area (Å²) < 4.78 is 10.6. The fourth-order valence-electron chi connectivity index (χ4n) is 2.88. The Balaban J connectivity index is 2.01. The molecule has 0 N–H and O–H groups in total. The number of aromatic nitrogens is 1. The average Bonchev–Trinajstić information content (AvgIpc) is 2.93. The molecule has 140 valence electrons. The SMILES string of the molecule is CCSC1=C(c2ccc(OC)c(OC)c2)C(=O)N(Cc2ccccn2)C1=O. The Kier molecular flexibility index (Phi) is 5.81. The number of hydrogen-bond acceptors (Lipinski definition) is 6. The highest BCUT2D eigenvalue weighted by atomic mass is 32.2. The van der Waals surface area contributed by atoms with Gasteiger partial charge in [0.25, 0.3) is 11.8 Å². The Morgan fingerprint density at radius 1 is 1.04 bits per heavy atom. The van der Waals surface area contributed by atoms with Crippen molar-refractivity contribution in [1.29, 1.82) is 0 Å². The largest absolute Gasteiger partial charge is 0.493 e. The van der Waals surface area contributed by atoms with Gasteiger partial charge in [-0.2, -0.15) is 0 Å². The first kappa shape index (κ1) is 19.0. The Bertz CT molecular complexity index is 896. The minimum absolute atomic E-state index is 0.142. The third kappa shape index (κ3) is 3.68. The lowest BCUT2D eigenvalue weighted by Crippen LogP contribution is -2.31. The Hall–Kier alpha value is -2.80. The van der Waals surface area contributed by atoms with E-state index in [1.165, 1.54) is 23.8 Å². The number of hydrogen-bond donors (Lipinski definition) is 0. The lowest BCUT2D eigenvalue weighted by atomic mass is 10.1. The zero-order valence-electron chi connectivity index (χ0n) is 15.4.